The molecule has 0 aromatic heterocycles. The van der Waals surface area contributed by atoms with E-state index in [1.807, 2.05) is 24.9 Å². The molecule has 0 aliphatic carbocycles. The van der Waals surface area contributed by atoms with E-state index in [2.05, 4.69) is 5.32 Å². The lowest BCUT2D eigenvalue weighted by molar-refractivity contribution is -0.384. The fourth-order valence-electron chi connectivity index (χ4n) is 2.06. The number of hydrogen-bond acceptors (Lipinski definition) is 5. The summed E-state index contributed by atoms with van der Waals surface area (Å²) in [5.74, 6) is 0. The molecule has 0 saturated heterocycles. The zero-order valence-corrected chi connectivity index (χ0v) is 11.6. The molecule has 0 radical (unpaired) electrons. The summed E-state index contributed by atoms with van der Waals surface area (Å²) in [6.45, 7) is 5.32. The predicted molar refractivity (Wildman–Crippen MR) is 75.3 cm³/mol. The minimum atomic E-state index is -0.425. The average Bonchev–Trinajstić information content (AvgIpc) is 2.30. The molecule has 1 atom stereocenters. The van der Waals surface area contributed by atoms with E-state index in [4.69, 9.17) is 0 Å². The highest BCUT2D eigenvalue weighted by Gasteiger charge is 2.17. The maximum Gasteiger partial charge on any atom is 0.292 e. The van der Waals surface area contributed by atoms with Gasteiger partial charge >= 0.3 is 0 Å². The van der Waals surface area contributed by atoms with Gasteiger partial charge in [-0.2, -0.15) is 0 Å². The third kappa shape index (κ3) is 4.50. The summed E-state index contributed by atoms with van der Waals surface area (Å²) in [6, 6.07) is 5.05. The maximum atomic E-state index is 11.0. The van der Waals surface area contributed by atoms with Crippen molar-refractivity contribution in [1.29, 1.82) is 0 Å². The minimum absolute atomic E-state index is 0.0878. The number of likely N-dealkylation sites (N-methyl/N-ethyl adjacent to an activating group) is 1. The Kier molecular flexibility index (Phi) is 5.72. The van der Waals surface area contributed by atoms with Crippen LogP contribution in [0.5, 0.6) is 0 Å². The second-order valence-corrected chi connectivity index (χ2v) is 4.64. The number of rotatable bonds is 7. The third-order valence-electron chi connectivity index (χ3n) is 2.70. The molecule has 1 aromatic carbocycles. The first-order chi connectivity index (χ1) is 8.95. The van der Waals surface area contributed by atoms with Crippen molar-refractivity contribution in [2.24, 2.45) is 0 Å². The van der Waals surface area contributed by atoms with Crippen molar-refractivity contribution in [3.8, 4) is 0 Å². The van der Waals surface area contributed by atoms with E-state index >= 15 is 0 Å². The molecule has 106 valence electrons. The van der Waals surface area contributed by atoms with Crippen molar-refractivity contribution in [3.05, 3.63) is 33.9 Å². The Labute approximate surface area is 113 Å². The molecule has 0 aliphatic rings. The van der Waals surface area contributed by atoms with Gasteiger partial charge in [-0.1, -0.05) is 12.1 Å². The first-order valence-electron chi connectivity index (χ1n) is 6.32. The Bertz CT molecular complexity index is 435. The van der Waals surface area contributed by atoms with E-state index in [1.54, 1.807) is 13.0 Å². The monoisotopic (exact) mass is 267 g/mol. The number of para-hydroxylation sites is 1. The molecular formula is C13H21N3O3. The molecule has 0 heterocycles. The molecule has 1 rings (SSSR count). The molecule has 6 nitrogen and oxygen atoms in total. The molecule has 0 fully saturated rings. The molecule has 1 aromatic rings. The summed E-state index contributed by atoms with van der Waals surface area (Å²) in [4.78, 5) is 12.6. The zero-order valence-electron chi connectivity index (χ0n) is 11.6. The van der Waals surface area contributed by atoms with Crippen molar-refractivity contribution in [2.45, 2.75) is 26.5 Å². The van der Waals surface area contributed by atoms with Gasteiger partial charge in [-0.05, 0) is 26.5 Å². The summed E-state index contributed by atoms with van der Waals surface area (Å²) in [5.41, 5.74) is 1.51. The number of aliphatic hydroxyl groups excluding tert-OH is 1. The Morgan fingerprint density at radius 3 is 2.74 bits per heavy atom. The maximum absolute atomic E-state index is 11.0. The SMILES string of the molecule is CCNc1c(CN(C)CC(C)O)cccc1[N+](=O)[O-]. The lowest BCUT2D eigenvalue weighted by Crippen LogP contribution is -2.27. The summed E-state index contributed by atoms with van der Waals surface area (Å²) < 4.78 is 0. The van der Waals surface area contributed by atoms with Crippen molar-refractivity contribution in [3.63, 3.8) is 0 Å². The standard InChI is InChI=1S/C13H21N3O3/c1-4-14-13-11(9-15(3)8-10(2)17)6-5-7-12(13)16(18)19/h5-7,10,14,17H,4,8-9H2,1-3H3. The lowest BCUT2D eigenvalue weighted by atomic mass is 10.1. The Morgan fingerprint density at radius 2 is 2.21 bits per heavy atom. The quantitative estimate of drug-likeness (QED) is 0.582. The highest BCUT2D eigenvalue weighted by molar-refractivity contribution is 5.66. The third-order valence-corrected chi connectivity index (χ3v) is 2.70. The van der Waals surface area contributed by atoms with Crippen LogP contribution in [0.25, 0.3) is 0 Å². The van der Waals surface area contributed by atoms with Crippen LogP contribution >= 0.6 is 0 Å². The van der Waals surface area contributed by atoms with Crippen LogP contribution in [0.4, 0.5) is 11.4 Å². The van der Waals surface area contributed by atoms with Gasteiger partial charge < -0.3 is 10.4 Å². The van der Waals surface area contributed by atoms with E-state index in [0.29, 0.717) is 25.3 Å². The number of aliphatic hydroxyl groups is 1. The first kappa shape index (κ1) is 15.4. The van der Waals surface area contributed by atoms with E-state index in [9.17, 15) is 15.2 Å². The number of benzene rings is 1. The van der Waals surface area contributed by atoms with Crippen molar-refractivity contribution < 1.29 is 10.0 Å². The van der Waals surface area contributed by atoms with Crippen LogP contribution in [-0.4, -0.2) is 41.2 Å². The lowest BCUT2D eigenvalue weighted by Gasteiger charge is -2.20. The fourth-order valence-corrected chi connectivity index (χ4v) is 2.06. The molecule has 2 N–H and O–H groups in total. The number of nitrogens with zero attached hydrogens (tertiary/aromatic N) is 2. The number of nitrogens with one attached hydrogen (secondary N) is 1. The predicted octanol–water partition coefficient (Wildman–Crippen LogP) is 1.84. The van der Waals surface area contributed by atoms with Gasteiger partial charge in [0, 0.05) is 25.7 Å². The Balaban J connectivity index is 2.99. The summed E-state index contributed by atoms with van der Waals surface area (Å²) in [5, 5.41) is 23.4. The van der Waals surface area contributed by atoms with Crippen LogP contribution in [0.3, 0.4) is 0 Å². The van der Waals surface area contributed by atoms with Gasteiger partial charge in [-0.3, -0.25) is 15.0 Å². The van der Waals surface area contributed by atoms with Crippen molar-refractivity contribution in [2.75, 3.05) is 25.5 Å². The van der Waals surface area contributed by atoms with Crippen LogP contribution in [-0.2, 0) is 6.54 Å². The van der Waals surface area contributed by atoms with E-state index in [0.717, 1.165) is 5.56 Å². The zero-order chi connectivity index (χ0) is 14.4. The van der Waals surface area contributed by atoms with Crippen LogP contribution in [0, 0.1) is 10.1 Å². The largest absolute Gasteiger partial charge is 0.392 e. The highest BCUT2D eigenvalue weighted by atomic mass is 16.6. The number of hydrogen-bond donors (Lipinski definition) is 2. The van der Waals surface area contributed by atoms with E-state index in [-0.39, 0.29) is 10.6 Å². The molecule has 0 saturated carbocycles. The molecular weight excluding hydrogens is 246 g/mol. The van der Waals surface area contributed by atoms with Gasteiger partial charge in [-0.25, -0.2) is 0 Å². The molecule has 0 aliphatic heterocycles. The van der Waals surface area contributed by atoms with Crippen molar-refractivity contribution >= 4 is 11.4 Å². The molecule has 1 unspecified atom stereocenters. The van der Waals surface area contributed by atoms with Crippen LogP contribution in [0.15, 0.2) is 18.2 Å². The Morgan fingerprint density at radius 1 is 1.53 bits per heavy atom. The first-order valence-corrected chi connectivity index (χ1v) is 6.32. The molecule has 6 heteroatoms. The highest BCUT2D eigenvalue weighted by Crippen LogP contribution is 2.28. The number of anilines is 1. The molecule has 0 bridgehead atoms. The van der Waals surface area contributed by atoms with Gasteiger partial charge in [0.1, 0.15) is 5.69 Å². The number of nitro benzene ring substituents is 1. The number of nitro groups is 1. The van der Waals surface area contributed by atoms with Gasteiger partial charge in [0.2, 0.25) is 0 Å². The fraction of sp³-hybridized carbons (Fsp3) is 0.538. The Hall–Kier alpha value is -1.66. The molecule has 0 amide bonds. The van der Waals surface area contributed by atoms with Crippen LogP contribution < -0.4 is 5.32 Å². The van der Waals surface area contributed by atoms with Gasteiger partial charge in [0.05, 0.1) is 11.0 Å². The summed E-state index contributed by atoms with van der Waals surface area (Å²) in [7, 11) is 1.88. The summed E-state index contributed by atoms with van der Waals surface area (Å²) in [6.07, 6.45) is -0.425. The molecule has 19 heavy (non-hydrogen) atoms. The van der Waals surface area contributed by atoms with Gasteiger partial charge in [-0.15, -0.1) is 0 Å². The second-order valence-electron chi connectivity index (χ2n) is 4.64. The second kappa shape index (κ2) is 7.06. The molecule has 0 spiro atoms. The van der Waals surface area contributed by atoms with Gasteiger partial charge in [0.25, 0.3) is 5.69 Å². The van der Waals surface area contributed by atoms with Crippen molar-refractivity contribution in [1.82, 2.24) is 4.90 Å². The van der Waals surface area contributed by atoms with Crippen LogP contribution in [0.1, 0.15) is 19.4 Å². The minimum Gasteiger partial charge on any atom is -0.392 e. The average molecular weight is 267 g/mol. The van der Waals surface area contributed by atoms with E-state index < -0.39 is 6.10 Å². The van der Waals surface area contributed by atoms with Gasteiger partial charge in [0.15, 0.2) is 0 Å². The van der Waals surface area contributed by atoms with E-state index in [1.165, 1.54) is 6.07 Å². The normalized spacial score (nSPS) is 12.5. The summed E-state index contributed by atoms with van der Waals surface area (Å²) >= 11 is 0. The van der Waals surface area contributed by atoms with Crippen LogP contribution in [0.2, 0.25) is 0 Å². The topological polar surface area (TPSA) is 78.6 Å². The smallest absolute Gasteiger partial charge is 0.292 e.